The first-order valence-corrected chi connectivity index (χ1v) is 9.05. The number of nitrogens with zero attached hydrogens (tertiary/aromatic N) is 4. The maximum Gasteiger partial charge on any atom is 0.223 e. The van der Waals surface area contributed by atoms with Crippen LogP contribution < -0.4 is 0 Å². The minimum Gasteiger partial charge on any atom is -0.340 e. The monoisotopic (exact) mass is 346 g/mol. The molecule has 1 fully saturated rings. The molecule has 5 nitrogen and oxygen atoms in total. The molecule has 1 amide bonds. The van der Waals surface area contributed by atoms with Crippen molar-refractivity contribution in [3.8, 4) is 0 Å². The SMILES string of the molecule is O=C(CC(c1ccccc1)c1ccccc1)N1CC[C@H](n2nccn2)C1. The largest absolute Gasteiger partial charge is 0.340 e. The molecule has 0 aliphatic carbocycles. The highest BCUT2D eigenvalue weighted by Gasteiger charge is 2.30. The second kappa shape index (κ2) is 7.52. The maximum atomic E-state index is 13.0. The Labute approximate surface area is 153 Å². The number of benzene rings is 2. The van der Waals surface area contributed by atoms with Gasteiger partial charge in [0.2, 0.25) is 5.91 Å². The van der Waals surface area contributed by atoms with Crippen LogP contribution in [0.15, 0.2) is 73.1 Å². The van der Waals surface area contributed by atoms with Crippen LogP contribution in [-0.4, -0.2) is 38.9 Å². The van der Waals surface area contributed by atoms with Gasteiger partial charge in [0.05, 0.1) is 18.4 Å². The van der Waals surface area contributed by atoms with E-state index in [9.17, 15) is 4.79 Å². The molecule has 0 spiro atoms. The molecular formula is C21H22N4O. The molecule has 1 aliphatic rings. The fourth-order valence-corrected chi connectivity index (χ4v) is 3.67. The van der Waals surface area contributed by atoms with Gasteiger partial charge >= 0.3 is 0 Å². The molecule has 0 N–H and O–H groups in total. The molecule has 26 heavy (non-hydrogen) atoms. The molecule has 1 saturated heterocycles. The highest BCUT2D eigenvalue weighted by molar-refractivity contribution is 5.78. The van der Waals surface area contributed by atoms with E-state index in [-0.39, 0.29) is 17.9 Å². The predicted octanol–water partition coefficient (Wildman–Crippen LogP) is 3.27. The molecule has 4 rings (SSSR count). The molecule has 1 aliphatic heterocycles. The Balaban J connectivity index is 1.50. The minimum absolute atomic E-state index is 0.0757. The van der Waals surface area contributed by atoms with E-state index in [1.54, 1.807) is 17.2 Å². The van der Waals surface area contributed by atoms with Crippen LogP contribution in [0, 0.1) is 0 Å². The fourth-order valence-electron chi connectivity index (χ4n) is 3.67. The van der Waals surface area contributed by atoms with Crippen molar-refractivity contribution >= 4 is 5.91 Å². The average Bonchev–Trinajstić information content (AvgIpc) is 3.39. The molecule has 132 valence electrons. The Kier molecular flexibility index (Phi) is 4.78. The van der Waals surface area contributed by atoms with Crippen LogP contribution in [0.3, 0.4) is 0 Å². The number of aromatic nitrogens is 3. The highest BCUT2D eigenvalue weighted by Crippen LogP contribution is 2.30. The lowest BCUT2D eigenvalue weighted by Crippen LogP contribution is -2.30. The van der Waals surface area contributed by atoms with Gasteiger partial charge in [-0.3, -0.25) is 4.79 Å². The zero-order valence-electron chi connectivity index (χ0n) is 14.6. The molecule has 3 aromatic rings. The van der Waals surface area contributed by atoms with E-state index in [4.69, 9.17) is 0 Å². The van der Waals surface area contributed by atoms with E-state index in [0.29, 0.717) is 13.0 Å². The highest BCUT2D eigenvalue weighted by atomic mass is 16.2. The van der Waals surface area contributed by atoms with E-state index in [1.807, 2.05) is 41.3 Å². The van der Waals surface area contributed by atoms with Crippen LogP contribution in [0.4, 0.5) is 0 Å². The molecule has 0 unspecified atom stereocenters. The summed E-state index contributed by atoms with van der Waals surface area (Å²) in [6.45, 7) is 1.45. The van der Waals surface area contributed by atoms with E-state index in [1.165, 1.54) is 11.1 Å². The molecule has 0 saturated carbocycles. The normalized spacial score (nSPS) is 17.0. The molecule has 0 bridgehead atoms. The Morgan fingerprint density at radius 1 is 0.962 bits per heavy atom. The third-order valence-electron chi connectivity index (χ3n) is 5.06. The van der Waals surface area contributed by atoms with Crippen molar-refractivity contribution in [2.24, 2.45) is 0 Å². The van der Waals surface area contributed by atoms with Gasteiger partial charge in [-0.2, -0.15) is 15.0 Å². The average molecular weight is 346 g/mol. The van der Waals surface area contributed by atoms with Crippen molar-refractivity contribution < 1.29 is 4.79 Å². The van der Waals surface area contributed by atoms with Crippen molar-refractivity contribution in [1.29, 1.82) is 0 Å². The van der Waals surface area contributed by atoms with E-state index in [0.717, 1.165) is 13.0 Å². The molecular weight excluding hydrogens is 324 g/mol. The summed E-state index contributed by atoms with van der Waals surface area (Å²) >= 11 is 0. The summed E-state index contributed by atoms with van der Waals surface area (Å²) in [4.78, 5) is 16.7. The molecule has 2 aromatic carbocycles. The topological polar surface area (TPSA) is 51.0 Å². The van der Waals surface area contributed by atoms with Gasteiger partial charge in [-0.25, -0.2) is 0 Å². The van der Waals surface area contributed by atoms with Crippen molar-refractivity contribution in [3.63, 3.8) is 0 Å². The number of carbonyl (C=O) groups excluding carboxylic acids is 1. The third kappa shape index (κ3) is 3.52. The van der Waals surface area contributed by atoms with Crippen LogP contribution in [-0.2, 0) is 4.79 Å². The number of hydrogen-bond acceptors (Lipinski definition) is 3. The molecule has 1 aromatic heterocycles. The van der Waals surface area contributed by atoms with E-state index < -0.39 is 0 Å². The summed E-state index contributed by atoms with van der Waals surface area (Å²) < 4.78 is 0. The third-order valence-corrected chi connectivity index (χ3v) is 5.06. The summed E-state index contributed by atoms with van der Waals surface area (Å²) in [7, 11) is 0. The summed E-state index contributed by atoms with van der Waals surface area (Å²) in [6.07, 6.45) is 4.76. The van der Waals surface area contributed by atoms with Crippen molar-refractivity contribution in [2.45, 2.75) is 24.8 Å². The Hall–Kier alpha value is -2.95. The Morgan fingerprint density at radius 2 is 1.54 bits per heavy atom. The van der Waals surface area contributed by atoms with Gasteiger partial charge in [0.25, 0.3) is 0 Å². The van der Waals surface area contributed by atoms with Crippen LogP contribution in [0.1, 0.15) is 35.9 Å². The van der Waals surface area contributed by atoms with Crippen LogP contribution in [0.25, 0.3) is 0 Å². The van der Waals surface area contributed by atoms with Gasteiger partial charge in [0, 0.05) is 25.4 Å². The van der Waals surface area contributed by atoms with Gasteiger partial charge in [-0.05, 0) is 17.5 Å². The minimum atomic E-state index is 0.0757. The van der Waals surface area contributed by atoms with Gasteiger partial charge in [0.1, 0.15) is 0 Å². The van der Waals surface area contributed by atoms with Crippen LogP contribution in [0.2, 0.25) is 0 Å². The van der Waals surface area contributed by atoms with E-state index >= 15 is 0 Å². The quantitative estimate of drug-likeness (QED) is 0.712. The lowest BCUT2D eigenvalue weighted by molar-refractivity contribution is -0.130. The lowest BCUT2D eigenvalue weighted by Gasteiger charge is -2.22. The summed E-state index contributed by atoms with van der Waals surface area (Å²) in [5.41, 5.74) is 2.35. The smallest absolute Gasteiger partial charge is 0.223 e. The van der Waals surface area contributed by atoms with E-state index in [2.05, 4.69) is 34.5 Å². The number of rotatable bonds is 5. The molecule has 1 atom stereocenters. The standard InChI is InChI=1S/C21H22N4O/c26-21(24-14-11-19(16-24)25-22-12-13-23-25)15-20(17-7-3-1-4-8-17)18-9-5-2-6-10-18/h1-10,12-13,19-20H,11,14-16H2/t19-/m0/s1. The predicted molar refractivity (Wildman–Crippen MR) is 99.6 cm³/mol. The maximum absolute atomic E-state index is 13.0. The second-order valence-corrected chi connectivity index (χ2v) is 6.71. The van der Waals surface area contributed by atoms with Gasteiger partial charge < -0.3 is 4.90 Å². The molecule has 5 heteroatoms. The van der Waals surface area contributed by atoms with Gasteiger partial charge in [0.15, 0.2) is 0 Å². The lowest BCUT2D eigenvalue weighted by atomic mass is 9.88. The van der Waals surface area contributed by atoms with Crippen LogP contribution in [0.5, 0.6) is 0 Å². The first-order chi connectivity index (χ1) is 12.8. The summed E-state index contributed by atoms with van der Waals surface area (Å²) in [5.74, 6) is 0.268. The fraction of sp³-hybridized carbons (Fsp3) is 0.286. The molecule has 0 radical (unpaired) electrons. The number of likely N-dealkylation sites (tertiary alicyclic amines) is 1. The zero-order valence-corrected chi connectivity index (χ0v) is 14.6. The first kappa shape index (κ1) is 16.5. The van der Waals surface area contributed by atoms with Crippen molar-refractivity contribution in [3.05, 3.63) is 84.2 Å². The Morgan fingerprint density at radius 3 is 2.12 bits per heavy atom. The van der Waals surface area contributed by atoms with Crippen molar-refractivity contribution in [2.75, 3.05) is 13.1 Å². The number of hydrogen-bond donors (Lipinski definition) is 0. The van der Waals surface area contributed by atoms with Crippen LogP contribution >= 0.6 is 0 Å². The van der Waals surface area contributed by atoms with Crippen molar-refractivity contribution in [1.82, 2.24) is 19.9 Å². The van der Waals surface area contributed by atoms with Gasteiger partial charge in [-0.15, -0.1) is 0 Å². The second-order valence-electron chi connectivity index (χ2n) is 6.71. The summed E-state index contributed by atoms with van der Waals surface area (Å²) in [6, 6.07) is 20.7. The number of amides is 1. The first-order valence-electron chi connectivity index (χ1n) is 9.05. The zero-order chi connectivity index (χ0) is 17.8. The molecule has 2 heterocycles. The number of carbonyl (C=O) groups is 1. The van der Waals surface area contributed by atoms with Gasteiger partial charge in [-0.1, -0.05) is 60.7 Å². The Bertz CT molecular complexity index is 793. The summed E-state index contributed by atoms with van der Waals surface area (Å²) in [5, 5.41) is 8.43.